The molecule has 25 heavy (non-hydrogen) atoms. The second-order valence-corrected chi connectivity index (χ2v) is 5.05. The summed E-state index contributed by atoms with van der Waals surface area (Å²) < 4.78 is 71.1. The number of pyridine rings is 1. The molecular formula is C15H7F5N2O3. The molecule has 1 aromatic carbocycles. The van der Waals surface area contributed by atoms with Crippen LogP contribution in [0, 0.1) is 5.82 Å². The van der Waals surface area contributed by atoms with Gasteiger partial charge in [-0.25, -0.2) is 9.13 Å². The van der Waals surface area contributed by atoms with Gasteiger partial charge in [-0.05, 0) is 18.2 Å². The molecule has 0 fully saturated rings. The largest absolute Gasteiger partial charge is 0.388 e. The minimum absolute atomic E-state index is 0.0886. The SMILES string of the molecule is O=Cc1cc2c(cc1NC(=O)c1ccncc1F)C(F)(F)OC2(F)F. The molecule has 0 aliphatic carbocycles. The van der Waals surface area contributed by atoms with Crippen molar-refractivity contribution in [3.63, 3.8) is 0 Å². The van der Waals surface area contributed by atoms with Gasteiger partial charge in [-0.2, -0.15) is 17.6 Å². The molecule has 0 atom stereocenters. The highest BCUT2D eigenvalue weighted by Crippen LogP contribution is 2.52. The van der Waals surface area contributed by atoms with Gasteiger partial charge in [0.15, 0.2) is 12.1 Å². The molecule has 5 nitrogen and oxygen atoms in total. The highest BCUT2D eigenvalue weighted by Gasteiger charge is 2.57. The van der Waals surface area contributed by atoms with Crippen molar-refractivity contribution in [1.82, 2.24) is 4.98 Å². The molecule has 0 spiro atoms. The fourth-order valence-electron chi connectivity index (χ4n) is 2.32. The molecule has 0 saturated carbocycles. The van der Waals surface area contributed by atoms with E-state index in [2.05, 4.69) is 9.72 Å². The lowest BCUT2D eigenvalue weighted by molar-refractivity contribution is -0.369. The first kappa shape index (κ1) is 17.0. The van der Waals surface area contributed by atoms with Gasteiger partial charge in [-0.15, -0.1) is 0 Å². The van der Waals surface area contributed by atoms with Gasteiger partial charge in [0.25, 0.3) is 5.91 Å². The van der Waals surface area contributed by atoms with E-state index in [0.717, 1.165) is 18.5 Å². The Morgan fingerprint density at radius 2 is 1.80 bits per heavy atom. The topological polar surface area (TPSA) is 68.3 Å². The molecule has 1 N–H and O–H groups in total. The van der Waals surface area contributed by atoms with Crippen LogP contribution in [-0.2, 0) is 17.0 Å². The van der Waals surface area contributed by atoms with Gasteiger partial charge in [0.1, 0.15) is 0 Å². The molecule has 10 heteroatoms. The zero-order valence-electron chi connectivity index (χ0n) is 12.0. The number of rotatable bonds is 3. The van der Waals surface area contributed by atoms with Gasteiger partial charge in [0.2, 0.25) is 0 Å². The summed E-state index contributed by atoms with van der Waals surface area (Å²) in [6.07, 6.45) is -6.66. The van der Waals surface area contributed by atoms with Crippen LogP contribution in [0.25, 0.3) is 0 Å². The van der Waals surface area contributed by atoms with Crippen LogP contribution in [0.3, 0.4) is 0 Å². The third-order valence-electron chi connectivity index (χ3n) is 3.47. The molecule has 130 valence electrons. The smallest absolute Gasteiger partial charge is 0.321 e. The number of alkyl halides is 4. The number of benzene rings is 1. The standard InChI is InChI=1S/C15H7F5N2O3/c16-11-5-21-2-1-8(11)13(24)22-12-4-10-9(3-7(12)6-23)14(17,18)25-15(10,19)20/h1-6H,(H,22,24). The Labute approximate surface area is 136 Å². The van der Waals surface area contributed by atoms with Crippen LogP contribution in [0.1, 0.15) is 31.8 Å². The highest BCUT2D eigenvalue weighted by atomic mass is 19.3. The summed E-state index contributed by atoms with van der Waals surface area (Å²) in [6, 6.07) is 2.00. The van der Waals surface area contributed by atoms with Crippen molar-refractivity contribution in [1.29, 1.82) is 0 Å². The van der Waals surface area contributed by atoms with Crippen LogP contribution in [0.5, 0.6) is 0 Å². The van der Waals surface area contributed by atoms with E-state index in [9.17, 15) is 31.5 Å². The average Bonchev–Trinajstić information content (AvgIpc) is 2.71. The number of carbonyl (C=O) groups is 2. The van der Waals surface area contributed by atoms with Gasteiger partial charge in [0.05, 0.1) is 28.6 Å². The summed E-state index contributed by atoms with van der Waals surface area (Å²) >= 11 is 0. The molecule has 1 amide bonds. The molecule has 1 aliphatic heterocycles. The number of anilines is 1. The molecule has 2 aromatic rings. The summed E-state index contributed by atoms with van der Waals surface area (Å²) in [6.45, 7) is 0. The Morgan fingerprint density at radius 3 is 2.40 bits per heavy atom. The first-order chi connectivity index (χ1) is 11.7. The second kappa shape index (κ2) is 5.59. The van der Waals surface area contributed by atoms with Gasteiger partial charge in [-0.3, -0.25) is 14.6 Å². The average molecular weight is 358 g/mol. The molecule has 0 saturated heterocycles. The molecule has 1 aliphatic rings. The van der Waals surface area contributed by atoms with Crippen LogP contribution >= 0.6 is 0 Å². The van der Waals surface area contributed by atoms with E-state index in [4.69, 9.17) is 0 Å². The number of hydrogen-bond donors (Lipinski definition) is 1. The lowest BCUT2D eigenvalue weighted by Gasteiger charge is -2.12. The normalized spacial score (nSPS) is 17.0. The molecule has 1 aromatic heterocycles. The highest BCUT2D eigenvalue weighted by molar-refractivity contribution is 6.06. The fraction of sp³-hybridized carbons (Fsp3) is 0.133. The van der Waals surface area contributed by atoms with Crippen molar-refractivity contribution in [3.05, 3.63) is 58.7 Å². The quantitative estimate of drug-likeness (QED) is 0.674. The maximum atomic E-state index is 13.6. The van der Waals surface area contributed by atoms with Crippen LogP contribution in [0.4, 0.5) is 27.6 Å². The van der Waals surface area contributed by atoms with Gasteiger partial charge in [0, 0.05) is 11.8 Å². The molecule has 3 rings (SSSR count). The van der Waals surface area contributed by atoms with Crippen molar-refractivity contribution < 1.29 is 36.3 Å². The molecule has 0 unspecified atom stereocenters. The minimum Gasteiger partial charge on any atom is -0.321 e. The van der Waals surface area contributed by atoms with Crippen LogP contribution in [-0.4, -0.2) is 17.2 Å². The number of aromatic nitrogens is 1. The monoisotopic (exact) mass is 358 g/mol. The number of halogens is 5. The van der Waals surface area contributed by atoms with Crippen molar-refractivity contribution in [2.45, 2.75) is 12.2 Å². The van der Waals surface area contributed by atoms with E-state index in [1.807, 2.05) is 5.32 Å². The Morgan fingerprint density at radius 1 is 1.16 bits per heavy atom. The number of amides is 1. The van der Waals surface area contributed by atoms with E-state index >= 15 is 0 Å². The second-order valence-electron chi connectivity index (χ2n) is 5.05. The molecule has 0 radical (unpaired) electrons. The lowest BCUT2D eigenvalue weighted by Crippen LogP contribution is -2.17. The number of fused-ring (bicyclic) bond motifs is 1. The summed E-state index contributed by atoms with van der Waals surface area (Å²) in [5.74, 6) is -2.06. The van der Waals surface area contributed by atoms with E-state index in [1.165, 1.54) is 0 Å². The first-order valence-electron chi connectivity index (χ1n) is 6.66. The zero-order chi connectivity index (χ0) is 18.4. The van der Waals surface area contributed by atoms with E-state index in [-0.39, 0.29) is 6.29 Å². The number of nitrogens with one attached hydrogen (secondary N) is 1. The van der Waals surface area contributed by atoms with E-state index < -0.39 is 51.9 Å². The molecule has 0 bridgehead atoms. The van der Waals surface area contributed by atoms with Crippen molar-refractivity contribution in [3.8, 4) is 0 Å². The summed E-state index contributed by atoms with van der Waals surface area (Å²) in [5.41, 5.74) is -3.85. The summed E-state index contributed by atoms with van der Waals surface area (Å²) in [7, 11) is 0. The Hall–Kier alpha value is -2.88. The summed E-state index contributed by atoms with van der Waals surface area (Å²) in [5, 5.41) is 2.04. The van der Waals surface area contributed by atoms with Crippen LogP contribution in [0.15, 0.2) is 30.6 Å². The molecular weight excluding hydrogens is 351 g/mol. The fourth-order valence-corrected chi connectivity index (χ4v) is 2.32. The van der Waals surface area contributed by atoms with Crippen molar-refractivity contribution >= 4 is 17.9 Å². The molecule has 2 heterocycles. The number of aldehydes is 1. The number of carbonyl (C=O) groups excluding carboxylic acids is 2. The van der Waals surface area contributed by atoms with Gasteiger partial charge >= 0.3 is 12.2 Å². The maximum absolute atomic E-state index is 13.6. The van der Waals surface area contributed by atoms with E-state index in [1.54, 1.807) is 0 Å². The predicted octanol–water partition coefficient (Wildman–Crippen LogP) is 3.41. The van der Waals surface area contributed by atoms with E-state index in [0.29, 0.717) is 12.1 Å². The predicted molar refractivity (Wildman–Crippen MR) is 72.9 cm³/mol. The first-order valence-corrected chi connectivity index (χ1v) is 6.66. The Balaban J connectivity index is 2.05. The van der Waals surface area contributed by atoms with Crippen LogP contribution < -0.4 is 5.32 Å². The summed E-state index contributed by atoms with van der Waals surface area (Å²) in [4.78, 5) is 26.5. The van der Waals surface area contributed by atoms with Gasteiger partial charge in [-0.1, -0.05) is 0 Å². The number of ether oxygens (including phenoxy) is 1. The minimum atomic E-state index is -4.32. The van der Waals surface area contributed by atoms with Gasteiger partial charge < -0.3 is 5.32 Å². The van der Waals surface area contributed by atoms with Crippen molar-refractivity contribution in [2.75, 3.05) is 5.32 Å². The maximum Gasteiger partial charge on any atom is 0.388 e. The number of hydrogen-bond acceptors (Lipinski definition) is 4. The number of nitrogens with zero attached hydrogens (tertiary/aromatic N) is 1. The third-order valence-corrected chi connectivity index (χ3v) is 3.47. The zero-order valence-corrected chi connectivity index (χ0v) is 12.0. The Bertz CT molecular complexity index is 885. The Kier molecular flexibility index (Phi) is 3.79. The van der Waals surface area contributed by atoms with Crippen molar-refractivity contribution in [2.24, 2.45) is 0 Å². The van der Waals surface area contributed by atoms with Crippen LogP contribution in [0.2, 0.25) is 0 Å². The third kappa shape index (κ3) is 2.84. The lowest BCUT2D eigenvalue weighted by atomic mass is 10.0.